The summed E-state index contributed by atoms with van der Waals surface area (Å²) in [6.45, 7) is 0.275. The highest BCUT2D eigenvalue weighted by molar-refractivity contribution is 5.94. The van der Waals surface area contributed by atoms with Crippen molar-refractivity contribution in [3.63, 3.8) is 0 Å². The monoisotopic (exact) mass is 289 g/mol. The third-order valence-electron chi connectivity index (χ3n) is 2.59. The van der Waals surface area contributed by atoms with Crippen LogP contribution < -0.4 is 5.32 Å². The first-order chi connectivity index (χ1) is 10.0. The smallest absolute Gasteiger partial charge is 0.252 e. The van der Waals surface area contributed by atoms with Crippen LogP contribution in [0.15, 0.2) is 18.5 Å². The van der Waals surface area contributed by atoms with Gasteiger partial charge in [0, 0.05) is 51.4 Å². The first kappa shape index (κ1) is 16.7. The maximum absolute atomic E-state index is 11.9. The number of nitrogens with one attached hydrogen (secondary N) is 1. The largest absolute Gasteiger partial charge is 0.395 e. The van der Waals surface area contributed by atoms with Crippen LogP contribution in [-0.2, 0) is 4.79 Å². The van der Waals surface area contributed by atoms with E-state index in [1.807, 2.05) is 0 Å². The number of hydrogen-bond donors (Lipinski definition) is 2. The maximum atomic E-state index is 11.9. The van der Waals surface area contributed by atoms with Crippen LogP contribution in [0.1, 0.15) is 28.8 Å². The number of pyridine rings is 1. The zero-order valence-corrected chi connectivity index (χ0v) is 12.2. The van der Waals surface area contributed by atoms with Crippen molar-refractivity contribution >= 4 is 11.8 Å². The van der Waals surface area contributed by atoms with E-state index in [0.29, 0.717) is 17.5 Å². The Bertz CT molecular complexity index is 559. The Morgan fingerprint density at radius 3 is 2.81 bits per heavy atom. The third-order valence-corrected chi connectivity index (χ3v) is 2.59. The molecule has 0 fully saturated rings. The molecule has 1 heterocycles. The minimum atomic E-state index is -0.292. The van der Waals surface area contributed by atoms with Crippen LogP contribution in [0.2, 0.25) is 0 Å². The molecule has 0 saturated carbocycles. The Kier molecular flexibility index (Phi) is 6.92. The molecule has 0 saturated heterocycles. The normalized spacial score (nSPS) is 9.48. The molecule has 2 amide bonds. The Morgan fingerprint density at radius 1 is 1.38 bits per heavy atom. The number of amides is 2. The zero-order valence-electron chi connectivity index (χ0n) is 12.2. The van der Waals surface area contributed by atoms with Crippen LogP contribution in [-0.4, -0.2) is 54.1 Å². The molecular formula is C15H19N3O3. The van der Waals surface area contributed by atoms with Gasteiger partial charge in [0.25, 0.3) is 5.91 Å². The van der Waals surface area contributed by atoms with Gasteiger partial charge in [-0.15, -0.1) is 0 Å². The minimum Gasteiger partial charge on any atom is -0.395 e. The number of rotatable bonds is 5. The topological polar surface area (TPSA) is 82.5 Å². The molecule has 0 aliphatic heterocycles. The fourth-order valence-electron chi connectivity index (χ4n) is 1.46. The molecule has 1 rings (SSSR count). The number of carbonyl (C=O) groups is 2. The van der Waals surface area contributed by atoms with Gasteiger partial charge < -0.3 is 15.3 Å². The van der Waals surface area contributed by atoms with Gasteiger partial charge in [-0.2, -0.15) is 0 Å². The average Bonchev–Trinajstić information content (AvgIpc) is 2.47. The van der Waals surface area contributed by atoms with E-state index in [1.54, 1.807) is 26.4 Å². The summed E-state index contributed by atoms with van der Waals surface area (Å²) in [6, 6.07) is 1.63. The van der Waals surface area contributed by atoms with E-state index in [9.17, 15) is 9.59 Å². The van der Waals surface area contributed by atoms with Gasteiger partial charge in [0.2, 0.25) is 5.91 Å². The van der Waals surface area contributed by atoms with Gasteiger partial charge in [0.15, 0.2) is 0 Å². The first-order valence-corrected chi connectivity index (χ1v) is 6.57. The van der Waals surface area contributed by atoms with Gasteiger partial charge in [-0.1, -0.05) is 11.8 Å². The van der Waals surface area contributed by atoms with Gasteiger partial charge in [0.05, 0.1) is 12.2 Å². The molecule has 0 bridgehead atoms. The lowest BCUT2D eigenvalue weighted by Crippen LogP contribution is -2.30. The van der Waals surface area contributed by atoms with E-state index in [2.05, 4.69) is 22.1 Å². The predicted molar refractivity (Wildman–Crippen MR) is 78.5 cm³/mol. The molecule has 112 valence electrons. The molecular weight excluding hydrogens is 270 g/mol. The summed E-state index contributed by atoms with van der Waals surface area (Å²) >= 11 is 0. The van der Waals surface area contributed by atoms with Crippen LogP contribution in [0.5, 0.6) is 0 Å². The van der Waals surface area contributed by atoms with Gasteiger partial charge in [-0.05, 0) is 6.07 Å². The Morgan fingerprint density at radius 2 is 2.14 bits per heavy atom. The van der Waals surface area contributed by atoms with Crippen molar-refractivity contribution in [2.24, 2.45) is 0 Å². The number of hydrogen-bond acceptors (Lipinski definition) is 4. The summed E-state index contributed by atoms with van der Waals surface area (Å²) in [4.78, 5) is 28.7. The first-order valence-electron chi connectivity index (χ1n) is 6.57. The average molecular weight is 289 g/mol. The van der Waals surface area contributed by atoms with E-state index in [4.69, 9.17) is 5.11 Å². The molecule has 0 unspecified atom stereocenters. The maximum Gasteiger partial charge on any atom is 0.252 e. The number of aliphatic hydroxyl groups excluding tert-OH is 1. The van der Waals surface area contributed by atoms with Crippen molar-refractivity contribution in [2.45, 2.75) is 12.8 Å². The highest BCUT2D eigenvalue weighted by Gasteiger charge is 2.08. The zero-order chi connectivity index (χ0) is 15.7. The molecule has 0 aliphatic carbocycles. The lowest BCUT2D eigenvalue weighted by molar-refractivity contribution is -0.128. The molecule has 1 aromatic rings. The third kappa shape index (κ3) is 6.06. The molecule has 6 heteroatoms. The van der Waals surface area contributed by atoms with Crippen LogP contribution in [0.4, 0.5) is 0 Å². The summed E-state index contributed by atoms with van der Waals surface area (Å²) in [6.07, 6.45) is 3.63. The quantitative estimate of drug-likeness (QED) is 0.749. The Balaban J connectivity index is 2.57. The van der Waals surface area contributed by atoms with E-state index in [1.165, 1.54) is 11.1 Å². The molecule has 0 aromatic carbocycles. The predicted octanol–water partition coefficient (Wildman–Crippen LogP) is 0.0236. The molecule has 0 radical (unpaired) electrons. The summed E-state index contributed by atoms with van der Waals surface area (Å²) < 4.78 is 0. The second kappa shape index (κ2) is 8.72. The second-order valence-electron chi connectivity index (χ2n) is 4.53. The van der Waals surface area contributed by atoms with E-state index in [-0.39, 0.29) is 31.4 Å². The minimum absolute atomic E-state index is 0.000505. The lowest BCUT2D eigenvalue weighted by Gasteiger charge is -2.10. The molecule has 21 heavy (non-hydrogen) atoms. The highest BCUT2D eigenvalue weighted by Crippen LogP contribution is 2.01. The molecule has 0 atom stereocenters. The molecule has 0 spiro atoms. The fraction of sp³-hybridized carbons (Fsp3) is 0.400. The van der Waals surface area contributed by atoms with E-state index in [0.717, 1.165) is 0 Å². The van der Waals surface area contributed by atoms with Crippen molar-refractivity contribution in [2.75, 3.05) is 27.2 Å². The summed E-state index contributed by atoms with van der Waals surface area (Å²) in [5.74, 6) is 5.25. The molecule has 2 N–H and O–H groups in total. The Labute approximate surface area is 124 Å². The summed E-state index contributed by atoms with van der Waals surface area (Å²) in [5, 5.41) is 11.3. The molecule has 0 aliphatic rings. The van der Waals surface area contributed by atoms with Crippen molar-refractivity contribution in [3.8, 4) is 11.8 Å². The molecule has 6 nitrogen and oxygen atoms in total. The van der Waals surface area contributed by atoms with Crippen LogP contribution in [0.25, 0.3) is 0 Å². The van der Waals surface area contributed by atoms with Crippen LogP contribution in [0, 0.1) is 11.8 Å². The number of aromatic nitrogens is 1. The standard InChI is InChI=1S/C15H19N3O3/c1-18(2)14(20)6-7-17-15(21)13-9-12(10-16-11-13)5-3-4-8-19/h9-11,19H,4,6-8H2,1-2H3,(H,17,21). The van der Waals surface area contributed by atoms with Gasteiger partial charge in [0.1, 0.15) is 0 Å². The van der Waals surface area contributed by atoms with Gasteiger partial charge in [-0.3, -0.25) is 14.6 Å². The number of nitrogens with zero attached hydrogens (tertiary/aromatic N) is 2. The highest BCUT2D eigenvalue weighted by atomic mass is 16.2. The number of aliphatic hydroxyl groups is 1. The lowest BCUT2D eigenvalue weighted by atomic mass is 10.2. The van der Waals surface area contributed by atoms with Crippen LogP contribution in [0.3, 0.4) is 0 Å². The van der Waals surface area contributed by atoms with Crippen molar-refractivity contribution < 1.29 is 14.7 Å². The van der Waals surface area contributed by atoms with Crippen LogP contribution >= 0.6 is 0 Å². The summed E-state index contributed by atoms with van der Waals surface area (Å²) in [5.41, 5.74) is 1.00. The number of carbonyl (C=O) groups excluding carboxylic acids is 2. The van der Waals surface area contributed by atoms with Crippen molar-refractivity contribution in [1.29, 1.82) is 0 Å². The van der Waals surface area contributed by atoms with Crippen molar-refractivity contribution in [1.82, 2.24) is 15.2 Å². The Hall–Kier alpha value is -2.39. The van der Waals surface area contributed by atoms with Gasteiger partial charge in [-0.25, -0.2) is 0 Å². The molecule has 1 aromatic heterocycles. The second-order valence-corrected chi connectivity index (χ2v) is 4.53. The van der Waals surface area contributed by atoms with Gasteiger partial charge >= 0.3 is 0 Å². The van der Waals surface area contributed by atoms with E-state index >= 15 is 0 Å². The van der Waals surface area contributed by atoms with E-state index < -0.39 is 0 Å². The SMILES string of the molecule is CN(C)C(=O)CCNC(=O)c1cncc(C#CCCO)c1. The fourth-order valence-corrected chi connectivity index (χ4v) is 1.46. The van der Waals surface area contributed by atoms with Crippen molar-refractivity contribution in [3.05, 3.63) is 29.6 Å². The summed E-state index contributed by atoms with van der Waals surface area (Å²) in [7, 11) is 3.34.